The second kappa shape index (κ2) is 7.99. The Morgan fingerprint density at radius 2 is 1.79 bits per heavy atom. The quantitative estimate of drug-likeness (QED) is 0.799. The Labute approximate surface area is 145 Å². The number of nitrogens with one attached hydrogen (secondary N) is 1. The van der Waals surface area contributed by atoms with Gasteiger partial charge in [-0.1, -0.05) is 26.0 Å². The van der Waals surface area contributed by atoms with E-state index >= 15 is 0 Å². The molecule has 0 radical (unpaired) electrons. The fourth-order valence-corrected chi connectivity index (χ4v) is 3.12. The number of hydrogen-bond acceptors (Lipinski definition) is 3. The van der Waals surface area contributed by atoms with Crippen molar-refractivity contribution < 1.29 is 22.7 Å². The largest absolute Gasteiger partial charge is 0.419 e. The van der Waals surface area contributed by atoms with Crippen LogP contribution < -0.4 is 5.32 Å². The lowest BCUT2D eigenvalue weighted by molar-refractivity contribution is -0.140. The first kappa shape index (κ1) is 21.2. The number of aliphatic hydroxyl groups is 1. The van der Waals surface area contributed by atoms with E-state index in [1.165, 1.54) is 12.1 Å². The minimum absolute atomic E-state index is 0. The summed E-state index contributed by atoms with van der Waals surface area (Å²) in [6.07, 6.45) is -4.74. The maximum atomic E-state index is 14.6. The van der Waals surface area contributed by atoms with E-state index in [9.17, 15) is 22.7 Å². The van der Waals surface area contributed by atoms with Gasteiger partial charge in [0.25, 0.3) is 0 Å². The molecule has 2 rings (SSSR count). The molecule has 1 aromatic carbocycles. The van der Waals surface area contributed by atoms with Gasteiger partial charge in [-0.05, 0) is 6.07 Å². The molecule has 1 atom stereocenters. The van der Waals surface area contributed by atoms with Crippen molar-refractivity contribution >= 4 is 12.4 Å². The van der Waals surface area contributed by atoms with Crippen molar-refractivity contribution in [3.63, 3.8) is 0 Å². The zero-order valence-corrected chi connectivity index (χ0v) is 14.5. The molecule has 8 heteroatoms. The minimum atomic E-state index is -4.74. The zero-order valence-electron chi connectivity index (χ0n) is 13.7. The van der Waals surface area contributed by atoms with Gasteiger partial charge in [0.15, 0.2) is 0 Å². The molecule has 1 heterocycles. The number of nitrogens with zero attached hydrogens (tertiary/aromatic N) is 1. The average molecular weight is 371 g/mol. The molecule has 24 heavy (non-hydrogen) atoms. The molecule has 0 bridgehead atoms. The molecule has 1 aliphatic rings. The molecule has 1 saturated heterocycles. The van der Waals surface area contributed by atoms with Crippen LogP contribution in [0.3, 0.4) is 0 Å². The van der Waals surface area contributed by atoms with E-state index in [1.54, 1.807) is 13.8 Å². The topological polar surface area (TPSA) is 35.5 Å². The molecule has 2 N–H and O–H groups in total. The van der Waals surface area contributed by atoms with Gasteiger partial charge >= 0.3 is 6.18 Å². The van der Waals surface area contributed by atoms with E-state index < -0.39 is 29.0 Å². The number of benzene rings is 1. The third kappa shape index (κ3) is 4.39. The minimum Gasteiger partial charge on any atom is -0.396 e. The van der Waals surface area contributed by atoms with Crippen LogP contribution in [0.1, 0.15) is 31.0 Å². The van der Waals surface area contributed by atoms with Crippen LogP contribution in [0.15, 0.2) is 18.2 Å². The number of alkyl halides is 3. The maximum absolute atomic E-state index is 14.6. The van der Waals surface area contributed by atoms with Crippen LogP contribution in [0.5, 0.6) is 0 Å². The van der Waals surface area contributed by atoms with E-state index in [4.69, 9.17) is 0 Å². The molecule has 1 aliphatic heterocycles. The van der Waals surface area contributed by atoms with Gasteiger partial charge in [-0.3, -0.25) is 4.90 Å². The van der Waals surface area contributed by atoms with Crippen LogP contribution in [0.25, 0.3) is 0 Å². The van der Waals surface area contributed by atoms with Gasteiger partial charge in [0.2, 0.25) is 0 Å². The Morgan fingerprint density at radius 3 is 2.29 bits per heavy atom. The average Bonchev–Trinajstić information content (AvgIpc) is 2.49. The Morgan fingerprint density at radius 1 is 1.21 bits per heavy atom. The SMILES string of the molecule is CC(C)(CO)[C@@H](c1cccc(C(F)(F)F)c1F)N1CCNCC1.Cl. The van der Waals surface area contributed by atoms with Crippen LogP contribution in [0, 0.1) is 11.2 Å². The van der Waals surface area contributed by atoms with Gasteiger partial charge in [0.1, 0.15) is 5.82 Å². The van der Waals surface area contributed by atoms with E-state index in [1.807, 2.05) is 4.90 Å². The van der Waals surface area contributed by atoms with E-state index in [-0.39, 0.29) is 24.6 Å². The fourth-order valence-electron chi connectivity index (χ4n) is 3.12. The van der Waals surface area contributed by atoms with Crippen molar-refractivity contribution in [1.29, 1.82) is 0 Å². The van der Waals surface area contributed by atoms with E-state index in [2.05, 4.69) is 5.32 Å². The highest BCUT2D eigenvalue weighted by Gasteiger charge is 2.41. The maximum Gasteiger partial charge on any atom is 0.419 e. The molecule has 0 spiro atoms. The normalized spacial score (nSPS) is 18.1. The lowest BCUT2D eigenvalue weighted by atomic mass is 9.79. The molecule has 138 valence electrons. The molecule has 0 aromatic heterocycles. The van der Waals surface area contributed by atoms with Crippen LogP contribution in [0.4, 0.5) is 17.6 Å². The molecule has 0 aliphatic carbocycles. The van der Waals surface area contributed by atoms with Gasteiger partial charge in [0.05, 0.1) is 5.56 Å². The van der Waals surface area contributed by atoms with Gasteiger partial charge < -0.3 is 10.4 Å². The number of piperazine rings is 1. The third-order valence-electron chi connectivity index (χ3n) is 4.29. The van der Waals surface area contributed by atoms with Crippen LogP contribution >= 0.6 is 12.4 Å². The molecule has 0 saturated carbocycles. The molecular weight excluding hydrogens is 348 g/mol. The second-order valence-corrected chi connectivity index (χ2v) is 6.54. The highest BCUT2D eigenvalue weighted by molar-refractivity contribution is 5.85. The van der Waals surface area contributed by atoms with Crippen molar-refractivity contribution in [2.45, 2.75) is 26.1 Å². The van der Waals surface area contributed by atoms with Crippen molar-refractivity contribution in [3.05, 3.63) is 35.1 Å². The summed E-state index contributed by atoms with van der Waals surface area (Å²) >= 11 is 0. The van der Waals surface area contributed by atoms with Crippen molar-refractivity contribution in [2.75, 3.05) is 32.8 Å². The lowest BCUT2D eigenvalue weighted by Crippen LogP contribution is -2.49. The Hall–Kier alpha value is -0.890. The first-order chi connectivity index (χ1) is 10.7. The lowest BCUT2D eigenvalue weighted by Gasteiger charge is -2.43. The molecular formula is C16H23ClF4N2O. The van der Waals surface area contributed by atoms with Crippen LogP contribution in [-0.2, 0) is 6.18 Å². The second-order valence-electron chi connectivity index (χ2n) is 6.54. The van der Waals surface area contributed by atoms with Crippen molar-refractivity contribution in [1.82, 2.24) is 10.2 Å². The standard InChI is InChI=1S/C16H22F4N2O.ClH/c1-15(2,10-23)14(22-8-6-21-7-9-22)11-4-3-5-12(13(11)17)16(18,19)20;/h3-5,14,21,23H,6-10H2,1-2H3;1H/t14-;/m1./s1. The molecule has 0 amide bonds. The van der Waals surface area contributed by atoms with Gasteiger partial charge in [-0.2, -0.15) is 13.2 Å². The highest BCUT2D eigenvalue weighted by atomic mass is 35.5. The number of rotatable bonds is 4. The monoisotopic (exact) mass is 370 g/mol. The summed E-state index contributed by atoms with van der Waals surface area (Å²) in [6, 6.07) is 2.73. The first-order valence-electron chi connectivity index (χ1n) is 7.59. The Kier molecular flexibility index (Phi) is 7.04. The summed E-state index contributed by atoms with van der Waals surface area (Å²) in [4.78, 5) is 1.94. The summed E-state index contributed by atoms with van der Waals surface area (Å²) in [6.45, 7) is 5.75. The molecule has 3 nitrogen and oxygen atoms in total. The van der Waals surface area contributed by atoms with Crippen molar-refractivity contribution in [2.24, 2.45) is 5.41 Å². The van der Waals surface area contributed by atoms with Crippen LogP contribution in [-0.4, -0.2) is 42.8 Å². The van der Waals surface area contributed by atoms with Gasteiger partial charge in [0, 0.05) is 49.8 Å². The molecule has 1 fully saturated rings. The zero-order chi connectivity index (χ0) is 17.3. The summed E-state index contributed by atoms with van der Waals surface area (Å²) in [5, 5.41) is 12.9. The number of halogens is 5. The summed E-state index contributed by atoms with van der Waals surface area (Å²) < 4.78 is 53.6. The predicted octanol–water partition coefficient (Wildman–Crippen LogP) is 3.23. The first-order valence-corrected chi connectivity index (χ1v) is 7.59. The summed E-state index contributed by atoms with van der Waals surface area (Å²) in [5.74, 6) is -1.25. The van der Waals surface area contributed by atoms with Gasteiger partial charge in [-0.15, -0.1) is 12.4 Å². The number of hydrogen-bond donors (Lipinski definition) is 2. The Bertz CT molecular complexity index is 545. The highest BCUT2D eigenvalue weighted by Crippen LogP contribution is 2.42. The predicted molar refractivity (Wildman–Crippen MR) is 86.7 cm³/mol. The molecule has 0 unspecified atom stereocenters. The smallest absolute Gasteiger partial charge is 0.396 e. The Balaban J connectivity index is 0.00000288. The van der Waals surface area contributed by atoms with Gasteiger partial charge in [-0.25, -0.2) is 4.39 Å². The third-order valence-corrected chi connectivity index (χ3v) is 4.29. The summed E-state index contributed by atoms with van der Waals surface area (Å²) in [5.41, 5.74) is -2.05. The number of aliphatic hydroxyl groups excluding tert-OH is 1. The molecule has 1 aromatic rings. The van der Waals surface area contributed by atoms with Crippen molar-refractivity contribution in [3.8, 4) is 0 Å². The van der Waals surface area contributed by atoms with E-state index in [0.717, 1.165) is 6.07 Å². The fraction of sp³-hybridized carbons (Fsp3) is 0.625. The van der Waals surface area contributed by atoms with E-state index in [0.29, 0.717) is 26.2 Å². The van der Waals surface area contributed by atoms with Crippen LogP contribution in [0.2, 0.25) is 0 Å². The summed E-state index contributed by atoms with van der Waals surface area (Å²) in [7, 11) is 0.